The Hall–Kier alpha value is -2.00. The fraction of sp³-hybridized carbons (Fsp3) is 0.125. The summed E-state index contributed by atoms with van der Waals surface area (Å²) in [5, 5.41) is 15.9. The number of anilines is 1. The fourth-order valence-electron chi connectivity index (χ4n) is 1.36. The minimum absolute atomic E-state index is 0.355. The third-order valence-corrected chi connectivity index (χ3v) is 2.52. The van der Waals surface area contributed by atoms with Crippen molar-refractivity contribution in [3.8, 4) is 11.4 Å². The Balaban J connectivity index is 2.39. The molecule has 1 heterocycles. The van der Waals surface area contributed by atoms with Gasteiger partial charge in [0.05, 0.1) is 5.69 Å². The maximum Gasteiger partial charge on any atom is 0.296 e. The van der Waals surface area contributed by atoms with Gasteiger partial charge in [-0.3, -0.25) is 4.72 Å². The number of hydrogen-bond donors (Lipinski definition) is 2. The molecular formula is C8H10N6O2S. The van der Waals surface area contributed by atoms with Crippen LogP contribution in [0.5, 0.6) is 0 Å². The highest BCUT2D eigenvalue weighted by Crippen LogP contribution is 2.19. The van der Waals surface area contributed by atoms with Crippen molar-refractivity contribution in [2.75, 3.05) is 4.72 Å². The van der Waals surface area contributed by atoms with Gasteiger partial charge >= 0.3 is 0 Å². The van der Waals surface area contributed by atoms with Crippen LogP contribution in [-0.4, -0.2) is 28.6 Å². The number of nitrogens with zero attached hydrogens (tertiary/aromatic N) is 4. The van der Waals surface area contributed by atoms with E-state index in [4.69, 9.17) is 5.14 Å². The molecule has 8 nitrogen and oxygen atoms in total. The van der Waals surface area contributed by atoms with Crippen LogP contribution in [0.2, 0.25) is 0 Å². The molecule has 9 heteroatoms. The molecule has 0 amide bonds. The molecule has 0 saturated carbocycles. The number of nitrogens with one attached hydrogen (secondary N) is 1. The van der Waals surface area contributed by atoms with Crippen molar-refractivity contribution in [1.29, 1.82) is 0 Å². The van der Waals surface area contributed by atoms with Crippen LogP contribution >= 0.6 is 0 Å². The van der Waals surface area contributed by atoms with Crippen LogP contribution < -0.4 is 9.86 Å². The molecule has 1 aromatic heterocycles. The zero-order valence-corrected chi connectivity index (χ0v) is 9.72. The normalized spacial score (nSPS) is 11.4. The Labute approximate surface area is 97.6 Å². The largest absolute Gasteiger partial charge is 0.296 e. The molecule has 0 aliphatic carbocycles. The summed E-state index contributed by atoms with van der Waals surface area (Å²) < 4.78 is 25.4. The average molecular weight is 254 g/mol. The molecule has 17 heavy (non-hydrogen) atoms. The SMILES string of the molecule is Cn1nnnc1-c1cccc(NS(N)(=O)=O)c1. The predicted molar refractivity (Wildman–Crippen MR) is 61.0 cm³/mol. The van der Waals surface area contributed by atoms with Crippen LogP contribution in [0.4, 0.5) is 5.69 Å². The zero-order valence-electron chi connectivity index (χ0n) is 8.90. The lowest BCUT2D eigenvalue weighted by molar-refractivity contribution is 0.603. The molecule has 0 aliphatic heterocycles. The van der Waals surface area contributed by atoms with Gasteiger partial charge in [0, 0.05) is 12.6 Å². The molecule has 0 radical (unpaired) electrons. The molecule has 0 unspecified atom stereocenters. The minimum Gasteiger partial charge on any atom is -0.271 e. The van der Waals surface area contributed by atoms with Gasteiger partial charge in [-0.1, -0.05) is 12.1 Å². The van der Waals surface area contributed by atoms with Gasteiger partial charge < -0.3 is 0 Å². The van der Waals surface area contributed by atoms with Crippen molar-refractivity contribution < 1.29 is 8.42 Å². The molecule has 3 N–H and O–H groups in total. The second kappa shape index (κ2) is 4.11. The summed E-state index contributed by atoms with van der Waals surface area (Å²) in [7, 11) is -2.09. The van der Waals surface area contributed by atoms with Gasteiger partial charge in [0.1, 0.15) is 0 Å². The van der Waals surface area contributed by atoms with Crippen LogP contribution in [0.25, 0.3) is 11.4 Å². The summed E-state index contributed by atoms with van der Waals surface area (Å²) in [5.74, 6) is 0.531. The second-order valence-electron chi connectivity index (χ2n) is 3.35. The first-order valence-electron chi connectivity index (χ1n) is 4.59. The highest BCUT2D eigenvalue weighted by atomic mass is 32.2. The van der Waals surface area contributed by atoms with E-state index < -0.39 is 10.2 Å². The second-order valence-corrected chi connectivity index (χ2v) is 4.65. The van der Waals surface area contributed by atoms with Crippen LogP contribution in [-0.2, 0) is 17.3 Å². The highest BCUT2D eigenvalue weighted by Gasteiger charge is 2.08. The van der Waals surface area contributed by atoms with Gasteiger partial charge in [0.2, 0.25) is 0 Å². The van der Waals surface area contributed by atoms with E-state index in [1.54, 1.807) is 31.3 Å². The van der Waals surface area contributed by atoms with Crippen molar-refractivity contribution in [2.45, 2.75) is 0 Å². The van der Waals surface area contributed by atoms with Crippen molar-refractivity contribution in [2.24, 2.45) is 12.2 Å². The third-order valence-electron chi connectivity index (χ3n) is 2.00. The number of aryl methyl sites for hydroxylation is 1. The van der Waals surface area contributed by atoms with Crippen LogP contribution in [0, 0.1) is 0 Å². The topological polar surface area (TPSA) is 116 Å². The maximum absolute atomic E-state index is 10.9. The summed E-state index contributed by atoms with van der Waals surface area (Å²) >= 11 is 0. The quantitative estimate of drug-likeness (QED) is 0.765. The minimum atomic E-state index is -3.78. The summed E-state index contributed by atoms with van der Waals surface area (Å²) in [6.07, 6.45) is 0. The highest BCUT2D eigenvalue weighted by molar-refractivity contribution is 7.90. The number of rotatable bonds is 3. The third kappa shape index (κ3) is 2.77. The molecule has 0 fully saturated rings. The first kappa shape index (κ1) is 11.5. The summed E-state index contributed by atoms with van der Waals surface area (Å²) in [6, 6.07) is 6.62. The van der Waals surface area contributed by atoms with E-state index in [1.165, 1.54) is 4.68 Å². The lowest BCUT2D eigenvalue weighted by Crippen LogP contribution is -2.21. The van der Waals surface area contributed by atoms with Crippen LogP contribution in [0.1, 0.15) is 0 Å². The van der Waals surface area contributed by atoms with Gasteiger partial charge in [-0.15, -0.1) is 5.10 Å². The molecule has 1 aromatic carbocycles. The van der Waals surface area contributed by atoms with E-state index >= 15 is 0 Å². The van der Waals surface area contributed by atoms with Crippen molar-refractivity contribution in [3.05, 3.63) is 24.3 Å². The number of aromatic nitrogens is 4. The van der Waals surface area contributed by atoms with E-state index in [2.05, 4.69) is 20.2 Å². The maximum atomic E-state index is 10.9. The van der Waals surface area contributed by atoms with Crippen LogP contribution in [0.3, 0.4) is 0 Å². The van der Waals surface area contributed by atoms with E-state index in [1.807, 2.05) is 0 Å². The molecule has 0 aliphatic rings. The lowest BCUT2D eigenvalue weighted by Gasteiger charge is -2.05. The molecule has 0 atom stereocenters. The lowest BCUT2D eigenvalue weighted by atomic mass is 10.2. The van der Waals surface area contributed by atoms with E-state index in [-0.39, 0.29) is 0 Å². The monoisotopic (exact) mass is 254 g/mol. The van der Waals surface area contributed by atoms with E-state index in [9.17, 15) is 8.42 Å². The zero-order chi connectivity index (χ0) is 12.5. The molecule has 2 rings (SSSR count). The molecule has 0 spiro atoms. The molecule has 0 saturated heterocycles. The Kier molecular flexibility index (Phi) is 2.77. The van der Waals surface area contributed by atoms with Crippen molar-refractivity contribution >= 4 is 15.9 Å². The van der Waals surface area contributed by atoms with Gasteiger partial charge in [-0.05, 0) is 22.6 Å². The summed E-state index contributed by atoms with van der Waals surface area (Å²) in [5.41, 5.74) is 1.04. The predicted octanol–water partition coefficient (Wildman–Crippen LogP) is -0.508. The fourth-order valence-corrected chi connectivity index (χ4v) is 1.82. The molecular weight excluding hydrogens is 244 g/mol. The Morgan fingerprint density at radius 3 is 2.76 bits per heavy atom. The Morgan fingerprint density at radius 1 is 1.41 bits per heavy atom. The van der Waals surface area contributed by atoms with Crippen LogP contribution in [0.15, 0.2) is 24.3 Å². The Morgan fingerprint density at radius 2 is 2.18 bits per heavy atom. The number of benzene rings is 1. The van der Waals surface area contributed by atoms with Gasteiger partial charge in [0.15, 0.2) is 5.82 Å². The number of tetrazole rings is 1. The molecule has 0 bridgehead atoms. The van der Waals surface area contributed by atoms with Gasteiger partial charge in [-0.2, -0.15) is 8.42 Å². The van der Waals surface area contributed by atoms with Crippen molar-refractivity contribution in [1.82, 2.24) is 20.2 Å². The standard InChI is InChI=1S/C8H10N6O2S/c1-14-8(10-12-13-14)6-3-2-4-7(5-6)11-17(9,15)16/h2-5,11H,1H3,(H2,9,15,16). The number of hydrogen-bond acceptors (Lipinski definition) is 5. The molecule has 90 valence electrons. The van der Waals surface area contributed by atoms with Gasteiger partial charge in [-0.25, -0.2) is 9.82 Å². The summed E-state index contributed by atoms with van der Waals surface area (Å²) in [6.45, 7) is 0. The number of nitrogens with two attached hydrogens (primary N) is 1. The van der Waals surface area contributed by atoms with E-state index in [0.29, 0.717) is 17.1 Å². The van der Waals surface area contributed by atoms with E-state index in [0.717, 1.165) is 0 Å². The van der Waals surface area contributed by atoms with Crippen molar-refractivity contribution in [3.63, 3.8) is 0 Å². The smallest absolute Gasteiger partial charge is 0.271 e. The summed E-state index contributed by atoms with van der Waals surface area (Å²) in [4.78, 5) is 0. The first-order valence-corrected chi connectivity index (χ1v) is 6.14. The molecule has 2 aromatic rings. The Bertz CT molecular complexity index is 635. The van der Waals surface area contributed by atoms with Gasteiger partial charge in [0.25, 0.3) is 10.2 Å². The average Bonchev–Trinajstić information content (AvgIpc) is 2.62. The first-order chi connectivity index (χ1) is 7.96.